The van der Waals surface area contributed by atoms with E-state index in [9.17, 15) is 9.18 Å². The molecule has 2 aromatic rings. The molecule has 0 spiro atoms. The molecule has 0 aliphatic rings. The molecule has 0 unspecified atom stereocenters. The van der Waals surface area contributed by atoms with Gasteiger partial charge in [-0.3, -0.25) is 4.98 Å². The summed E-state index contributed by atoms with van der Waals surface area (Å²) in [6.45, 7) is 0. The predicted molar refractivity (Wildman–Crippen MR) is 62.7 cm³/mol. The molecule has 0 saturated carbocycles. The number of hydrogen-bond donors (Lipinski definition) is 1. The highest BCUT2D eigenvalue weighted by molar-refractivity contribution is 6.30. The number of halogens is 2. The van der Waals surface area contributed by atoms with Gasteiger partial charge in [-0.25, -0.2) is 9.18 Å². The van der Waals surface area contributed by atoms with Gasteiger partial charge in [0.25, 0.3) is 0 Å². The second-order valence-corrected chi connectivity index (χ2v) is 3.76. The Balaban J connectivity index is 2.34. The first kappa shape index (κ1) is 12.3. The van der Waals surface area contributed by atoms with Gasteiger partial charge < -0.3 is 9.84 Å². The van der Waals surface area contributed by atoms with E-state index in [0.717, 1.165) is 12.3 Å². The van der Waals surface area contributed by atoms with Gasteiger partial charge in [0, 0.05) is 24.5 Å². The van der Waals surface area contributed by atoms with Crippen molar-refractivity contribution in [3.63, 3.8) is 0 Å². The van der Waals surface area contributed by atoms with Crippen molar-refractivity contribution >= 4 is 17.6 Å². The zero-order valence-corrected chi connectivity index (χ0v) is 9.69. The molecule has 0 amide bonds. The van der Waals surface area contributed by atoms with Gasteiger partial charge in [-0.1, -0.05) is 11.6 Å². The number of hydrogen-bond acceptors (Lipinski definition) is 3. The number of carboxylic acid groups (broad SMARTS) is 1. The van der Waals surface area contributed by atoms with Gasteiger partial charge >= 0.3 is 5.97 Å². The highest BCUT2D eigenvalue weighted by atomic mass is 35.5. The van der Waals surface area contributed by atoms with Crippen molar-refractivity contribution in [3.8, 4) is 11.5 Å². The molecular weight excluding hydrogens is 261 g/mol. The topological polar surface area (TPSA) is 59.4 Å². The Hall–Kier alpha value is -2.14. The van der Waals surface area contributed by atoms with Crippen LogP contribution >= 0.6 is 11.6 Å². The number of carboxylic acids is 1. The standard InChI is InChI=1S/C12H7ClFNO3/c13-9-2-1-7(5-10(9)14)18-11-3-4-15-6-8(11)12(16)17/h1-6H,(H,16,17). The van der Waals surface area contributed by atoms with Crippen LogP contribution < -0.4 is 4.74 Å². The SMILES string of the molecule is O=C(O)c1cnccc1Oc1ccc(Cl)c(F)c1. The maximum atomic E-state index is 13.2. The molecule has 0 aliphatic heterocycles. The van der Waals surface area contributed by atoms with Crippen LogP contribution in [0, 0.1) is 5.82 Å². The van der Waals surface area contributed by atoms with Crippen LogP contribution in [0.4, 0.5) is 4.39 Å². The lowest BCUT2D eigenvalue weighted by Gasteiger charge is -2.08. The molecule has 92 valence electrons. The highest BCUT2D eigenvalue weighted by Crippen LogP contribution is 2.27. The minimum absolute atomic E-state index is 0.0319. The summed E-state index contributed by atoms with van der Waals surface area (Å²) in [4.78, 5) is 14.6. The molecular formula is C12H7ClFNO3. The lowest BCUT2D eigenvalue weighted by molar-refractivity contribution is 0.0693. The Kier molecular flexibility index (Phi) is 3.43. The van der Waals surface area contributed by atoms with Crippen molar-refractivity contribution in [1.29, 1.82) is 0 Å². The summed E-state index contributed by atoms with van der Waals surface area (Å²) >= 11 is 5.53. The zero-order chi connectivity index (χ0) is 13.1. The fraction of sp³-hybridized carbons (Fsp3) is 0. The quantitative estimate of drug-likeness (QED) is 0.926. The molecule has 1 aromatic heterocycles. The molecule has 0 bridgehead atoms. The van der Waals surface area contributed by atoms with Gasteiger partial charge in [0.2, 0.25) is 0 Å². The van der Waals surface area contributed by atoms with E-state index >= 15 is 0 Å². The smallest absolute Gasteiger partial charge is 0.341 e. The van der Waals surface area contributed by atoms with Gasteiger partial charge in [-0.05, 0) is 12.1 Å². The van der Waals surface area contributed by atoms with E-state index in [1.165, 1.54) is 24.4 Å². The number of carbonyl (C=O) groups is 1. The van der Waals surface area contributed by atoms with Crippen molar-refractivity contribution < 1.29 is 19.0 Å². The van der Waals surface area contributed by atoms with E-state index in [2.05, 4.69) is 4.98 Å². The molecule has 0 saturated heterocycles. The Morgan fingerprint density at radius 1 is 1.39 bits per heavy atom. The first-order valence-electron chi connectivity index (χ1n) is 4.88. The van der Waals surface area contributed by atoms with Gasteiger partial charge in [-0.2, -0.15) is 0 Å². The summed E-state index contributed by atoms with van der Waals surface area (Å²) < 4.78 is 18.5. The second-order valence-electron chi connectivity index (χ2n) is 3.35. The molecule has 1 aromatic carbocycles. The number of ether oxygens (including phenoxy) is 1. The molecule has 2 rings (SSSR count). The summed E-state index contributed by atoms with van der Waals surface area (Å²) in [5.74, 6) is -1.57. The van der Waals surface area contributed by atoms with E-state index < -0.39 is 11.8 Å². The van der Waals surface area contributed by atoms with Crippen LogP contribution in [0.1, 0.15) is 10.4 Å². The molecule has 0 atom stereocenters. The van der Waals surface area contributed by atoms with Gasteiger partial charge in [0.15, 0.2) is 0 Å². The second kappa shape index (κ2) is 5.01. The van der Waals surface area contributed by atoms with E-state index in [4.69, 9.17) is 21.4 Å². The maximum absolute atomic E-state index is 13.2. The predicted octanol–water partition coefficient (Wildman–Crippen LogP) is 3.36. The molecule has 0 aliphatic carbocycles. The van der Waals surface area contributed by atoms with Crippen molar-refractivity contribution in [2.24, 2.45) is 0 Å². The van der Waals surface area contributed by atoms with Crippen LogP contribution in [-0.4, -0.2) is 16.1 Å². The molecule has 0 radical (unpaired) electrons. The summed E-state index contributed by atoms with van der Waals surface area (Å²) in [7, 11) is 0. The van der Waals surface area contributed by atoms with Crippen molar-refractivity contribution in [2.45, 2.75) is 0 Å². The highest BCUT2D eigenvalue weighted by Gasteiger charge is 2.12. The summed E-state index contributed by atoms with van der Waals surface area (Å²) in [6.07, 6.45) is 2.54. The molecule has 0 fully saturated rings. The molecule has 18 heavy (non-hydrogen) atoms. The normalized spacial score (nSPS) is 10.1. The Labute approximate surface area is 107 Å². The first-order chi connectivity index (χ1) is 8.58. The van der Waals surface area contributed by atoms with E-state index in [1.54, 1.807) is 0 Å². The minimum Gasteiger partial charge on any atom is -0.477 e. The van der Waals surface area contributed by atoms with Crippen molar-refractivity contribution in [1.82, 2.24) is 4.98 Å². The average Bonchev–Trinajstić information content (AvgIpc) is 2.34. The number of nitrogens with zero attached hydrogens (tertiary/aromatic N) is 1. The summed E-state index contributed by atoms with van der Waals surface area (Å²) in [5.41, 5.74) is -0.104. The number of pyridine rings is 1. The van der Waals surface area contributed by atoms with Crippen LogP contribution in [0.5, 0.6) is 11.5 Å². The van der Waals surface area contributed by atoms with Crippen molar-refractivity contribution in [2.75, 3.05) is 0 Å². The summed E-state index contributed by atoms with van der Waals surface area (Å²) in [6, 6.07) is 5.23. The fourth-order valence-corrected chi connectivity index (χ4v) is 1.42. The lowest BCUT2D eigenvalue weighted by atomic mass is 10.2. The number of aromatic carboxylic acids is 1. The minimum atomic E-state index is -1.17. The number of rotatable bonds is 3. The van der Waals surface area contributed by atoms with Gasteiger partial charge in [0.05, 0.1) is 5.02 Å². The van der Waals surface area contributed by atoms with E-state index in [1.807, 2.05) is 0 Å². The van der Waals surface area contributed by atoms with Gasteiger partial charge in [-0.15, -0.1) is 0 Å². The Morgan fingerprint density at radius 2 is 2.17 bits per heavy atom. The third-order valence-corrected chi connectivity index (χ3v) is 2.44. The van der Waals surface area contributed by atoms with E-state index in [0.29, 0.717) is 0 Å². The number of benzene rings is 1. The third-order valence-electron chi connectivity index (χ3n) is 2.13. The van der Waals surface area contributed by atoms with Crippen LogP contribution in [0.2, 0.25) is 5.02 Å². The van der Waals surface area contributed by atoms with Crippen LogP contribution in [-0.2, 0) is 0 Å². The largest absolute Gasteiger partial charge is 0.477 e. The Bertz CT molecular complexity index is 604. The lowest BCUT2D eigenvalue weighted by Crippen LogP contribution is -2.00. The van der Waals surface area contributed by atoms with Crippen molar-refractivity contribution in [3.05, 3.63) is 53.1 Å². The van der Waals surface area contributed by atoms with Crippen LogP contribution in [0.15, 0.2) is 36.7 Å². The molecule has 4 nitrogen and oxygen atoms in total. The first-order valence-corrected chi connectivity index (χ1v) is 5.26. The van der Waals surface area contributed by atoms with Crippen LogP contribution in [0.25, 0.3) is 0 Å². The number of aromatic nitrogens is 1. The van der Waals surface area contributed by atoms with Crippen LogP contribution in [0.3, 0.4) is 0 Å². The van der Waals surface area contributed by atoms with Gasteiger partial charge in [0.1, 0.15) is 22.9 Å². The third kappa shape index (κ3) is 2.57. The molecule has 6 heteroatoms. The maximum Gasteiger partial charge on any atom is 0.341 e. The van der Waals surface area contributed by atoms with E-state index in [-0.39, 0.29) is 22.1 Å². The fourth-order valence-electron chi connectivity index (χ4n) is 1.30. The Morgan fingerprint density at radius 3 is 2.83 bits per heavy atom. The average molecular weight is 268 g/mol. The monoisotopic (exact) mass is 267 g/mol. The molecule has 1 N–H and O–H groups in total. The molecule has 1 heterocycles. The summed E-state index contributed by atoms with van der Waals surface area (Å²) in [5, 5.41) is 8.90. The zero-order valence-electron chi connectivity index (χ0n) is 8.93.